The Morgan fingerprint density at radius 1 is 1.35 bits per heavy atom. The Hall–Kier alpha value is -2.31. The number of anilines is 1. The molecule has 1 N–H and O–H groups in total. The minimum Gasteiger partial charge on any atom is -0.324 e. The number of rotatable bonds is 1. The van der Waals surface area contributed by atoms with Crippen LogP contribution in [0.2, 0.25) is 5.02 Å². The van der Waals surface area contributed by atoms with Crippen molar-refractivity contribution >= 4 is 23.2 Å². The van der Waals surface area contributed by atoms with Crippen molar-refractivity contribution in [1.82, 2.24) is 0 Å². The number of amides is 1. The summed E-state index contributed by atoms with van der Waals surface area (Å²) in [4.78, 5) is 11.5. The van der Waals surface area contributed by atoms with Crippen molar-refractivity contribution in [2.45, 2.75) is 13.3 Å². The lowest BCUT2D eigenvalue weighted by Crippen LogP contribution is -2.03. The molecule has 0 unspecified atom stereocenters. The Morgan fingerprint density at radius 3 is 2.90 bits per heavy atom. The normalized spacial score (nSPS) is 12.8. The van der Waals surface area contributed by atoms with Crippen LogP contribution in [0.3, 0.4) is 0 Å². The molecule has 0 radical (unpaired) electrons. The predicted molar refractivity (Wildman–Crippen MR) is 78.7 cm³/mol. The zero-order valence-corrected chi connectivity index (χ0v) is 11.6. The van der Waals surface area contributed by atoms with Crippen molar-refractivity contribution in [2.75, 3.05) is 5.32 Å². The first kappa shape index (κ1) is 12.7. The van der Waals surface area contributed by atoms with Crippen molar-refractivity contribution in [1.29, 1.82) is 5.26 Å². The third kappa shape index (κ3) is 1.95. The number of halogens is 1. The van der Waals surface area contributed by atoms with Crippen LogP contribution in [0.1, 0.15) is 16.7 Å². The van der Waals surface area contributed by atoms with Crippen LogP contribution in [-0.4, -0.2) is 5.91 Å². The van der Waals surface area contributed by atoms with Gasteiger partial charge in [0.15, 0.2) is 0 Å². The molecule has 3 rings (SSSR count). The summed E-state index contributed by atoms with van der Waals surface area (Å²) in [6.45, 7) is 1.96. The molecule has 0 fully saturated rings. The number of fused-ring (bicyclic) bond motifs is 1. The van der Waals surface area contributed by atoms with Gasteiger partial charge in [0, 0.05) is 5.56 Å². The van der Waals surface area contributed by atoms with Gasteiger partial charge < -0.3 is 5.32 Å². The lowest BCUT2D eigenvalue weighted by atomic mass is 9.94. The quantitative estimate of drug-likeness (QED) is 0.867. The van der Waals surface area contributed by atoms with Crippen molar-refractivity contribution in [3.05, 3.63) is 52.0 Å². The second-order valence-corrected chi connectivity index (χ2v) is 5.23. The molecule has 0 saturated heterocycles. The summed E-state index contributed by atoms with van der Waals surface area (Å²) < 4.78 is 0. The van der Waals surface area contributed by atoms with Crippen molar-refractivity contribution < 1.29 is 4.79 Å². The maximum absolute atomic E-state index is 11.5. The Bertz CT molecular complexity index is 775. The minimum atomic E-state index is -0.0515. The molecule has 20 heavy (non-hydrogen) atoms. The zero-order chi connectivity index (χ0) is 14.3. The molecular formula is C16H11ClN2O. The zero-order valence-electron chi connectivity index (χ0n) is 10.8. The van der Waals surface area contributed by atoms with Gasteiger partial charge in [-0.25, -0.2) is 0 Å². The summed E-state index contributed by atoms with van der Waals surface area (Å²) in [5.74, 6) is -0.0515. The second kappa shape index (κ2) is 4.66. The third-order valence-corrected chi connectivity index (χ3v) is 3.77. The highest BCUT2D eigenvalue weighted by atomic mass is 35.5. The maximum Gasteiger partial charge on any atom is 0.228 e. The van der Waals surface area contributed by atoms with Crippen molar-refractivity contribution in [3.8, 4) is 17.2 Å². The lowest BCUT2D eigenvalue weighted by molar-refractivity contribution is -0.115. The molecule has 1 aliphatic heterocycles. The summed E-state index contributed by atoms with van der Waals surface area (Å²) in [7, 11) is 0. The standard InChI is InChI=1S/C16H11ClN2O/c1-9-3-2-4-10(8-18)15(9)11-5-12-7-14(20)19-16(12)13(17)6-11/h2-6H,7H2,1H3,(H,19,20). The van der Waals surface area contributed by atoms with Gasteiger partial charge in [-0.3, -0.25) is 4.79 Å². The molecule has 98 valence electrons. The summed E-state index contributed by atoms with van der Waals surface area (Å²) in [6, 6.07) is 11.5. The van der Waals surface area contributed by atoms with E-state index in [-0.39, 0.29) is 5.91 Å². The Kier molecular flexibility index (Phi) is 2.96. The first-order valence-electron chi connectivity index (χ1n) is 6.22. The second-order valence-electron chi connectivity index (χ2n) is 4.83. The predicted octanol–water partition coefficient (Wildman–Crippen LogP) is 3.68. The van der Waals surface area contributed by atoms with E-state index in [0.29, 0.717) is 22.7 Å². The fourth-order valence-corrected chi connectivity index (χ4v) is 2.87. The smallest absolute Gasteiger partial charge is 0.228 e. The van der Waals surface area contributed by atoms with Crippen LogP contribution in [0, 0.1) is 18.3 Å². The number of nitrogens with one attached hydrogen (secondary N) is 1. The van der Waals surface area contributed by atoms with Gasteiger partial charge in [0.25, 0.3) is 0 Å². The Balaban J connectivity index is 2.23. The van der Waals surface area contributed by atoms with Crippen LogP contribution < -0.4 is 5.32 Å². The molecule has 1 heterocycles. The largest absolute Gasteiger partial charge is 0.324 e. The summed E-state index contributed by atoms with van der Waals surface area (Å²) in [5, 5.41) is 12.5. The Morgan fingerprint density at radius 2 is 2.15 bits per heavy atom. The summed E-state index contributed by atoms with van der Waals surface area (Å²) >= 11 is 6.24. The molecule has 0 aromatic heterocycles. The third-order valence-electron chi connectivity index (χ3n) is 3.47. The molecule has 2 aromatic rings. The van der Waals surface area contributed by atoms with Crippen LogP contribution >= 0.6 is 11.6 Å². The van der Waals surface area contributed by atoms with Gasteiger partial charge in [-0.15, -0.1) is 0 Å². The van der Waals surface area contributed by atoms with Gasteiger partial charge >= 0.3 is 0 Å². The van der Waals surface area contributed by atoms with Crippen LogP contribution in [-0.2, 0) is 11.2 Å². The van der Waals surface area contributed by atoms with E-state index in [0.717, 1.165) is 22.3 Å². The molecule has 1 amide bonds. The van der Waals surface area contributed by atoms with E-state index in [2.05, 4.69) is 11.4 Å². The van der Waals surface area contributed by atoms with Gasteiger partial charge in [0.05, 0.1) is 28.8 Å². The van der Waals surface area contributed by atoms with E-state index in [1.807, 2.05) is 25.1 Å². The van der Waals surface area contributed by atoms with E-state index in [1.165, 1.54) is 0 Å². The highest BCUT2D eigenvalue weighted by Crippen LogP contribution is 2.37. The van der Waals surface area contributed by atoms with Crippen molar-refractivity contribution in [3.63, 3.8) is 0 Å². The molecule has 0 spiro atoms. The van der Waals surface area contributed by atoms with Gasteiger partial charge in [0.2, 0.25) is 5.91 Å². The fraction of sp³-hybridized carbons (Fsp3) is 0.125. The molecule has 0 saturated carbocycles. The SMILES string of the molecule is Cc1cccc(C#N)c1-c1cc(Cl)c2c(c1)CC(=O)N2. The molecule has 0 bridgehead atoms. The molecule has 0 atom stereocenters. The number of hydrogen-bond donors (Lipinski definition) is 1. The van der Waals surface area contributed by atoms with Gasteiger partial charge in [-0.1, -0.05) is 23.7 Å². The monoisotopic (exact) mass is 282 g/mol. The van der Waals surface area contributed by atoms with E-state index >= 15 is 0 Å². The Labute approximate surface area is 121 Å². The topological polar surface area (TPSA) is 52.9 Å². The number of hydrogen-bond acceptors (Lipinski definition) is 2. The number of aryl methyl sites for hydroxylation is 1. The molecule has 0 aliphatic carbocycles. The van der Waals surface area contributed by atoms with Gasteiger partial charge in [-0.05, 0) is 41.8 Å². The minimum absolute atomic E-state index is 0.0515. The fourth-order valence-electron chi connectivity index (χ4n) is 2.59. The van der Waals surface area contributed by atoms with E-state index < -0.39 is 0 Å². The summed E-state index contributed by atoms with van der Waals surface area (Å²) in [6.07, 6.45) is 0.330. The van der Waals surface area contributed by atoms with Crippen LogP contribution in [0.25, 0.3) is 11.1 Å². The van der Waals surface area contributed by atoms with Crippen molar-refractivity contribution in [2.24, 2.45) is 0 Å². The number of carbonyl (C=O) groups is 1. The number of nitrogens with zero attached hydrogens (tertiary/aromatic N) is 1. The number of carbonyl (C=O) groups excluding carboxylic acids is 1. The first-order chi connectivity index (χ1) is 9.60. The van der Waals surface area contributed by atoms with Crippen LogP contribution in [0.15, 0.2) is 30.3 Å². The molecule has 1 aliphatic rings. The van der Waals surface area contributed by atoms with Gasteiger partial charge in [-0.2, -0.15) is 5.26 Å². The molecule has 3 nitrogen and oxygen atoms in total. The maximum atomic E-state index is 11.5. The lowest BCUT2D eigenvalue weighted by Gasteiger charge is -2.11. The molecule has 4 heteroatoms. The number of nitriles is 1. The van der Waals surface area contributed by atoms with E-state index in [9.17, 15) is 10.1 Å². The van der Waals surface area contributed by atoms with Crippen LogP contribution in [0.4, 0.5) is 5.69 Å². The molecule has 2 aromatic carbocycles. The first-order valence-corrected chi connectivity index (χ1v) is 6.60. The average molecular weight is 283 g/mol. The average Bonchev–Trinajstić information content (AvgIpc) is 2.79. The van der Waals surface area contributed by atoms with E-state index in [4.69, 9.17) is 11.6 Å². The van der Waals surface area contributed by atoms with Crippen LogP contribution in [0.5, 0.6) is 0 Å². The van der Waals surface area contributed by atoms with E-state index in [1.54, 1.807) is 12.1 Å². The highest BCUT2D eigenvalue weighted by Gasteiger charge is 2.22. The highest BCUT2D eigenvalue weighted by molar-refractivity contribution is 6.34. The summed E-state index contributed by atoms with van der Waals surface area (Å²) in [5.41, 5.74) is 4.94. The number of benzene rings is 2. The van der Waals surface area contributed by atoms with Gasteiger partial charge in [0.1, 0.15) is 0 Å². The molecular weight excluding hydrogens is 272 g/mol.